The molecule has 0 heterocycles. The van der Waals surface area contributed by atoms with Crippen molar-refractivity contribution in [2.45, 2.75) is 31.0 Å². The number of nitriles is 1. The third kappa shape index (κ3) is 4.14. The highest BCUT2D eigenvalue weighted by Gasteiger charge is 2.16. The van der Waals surface area contributed by atoms with Gasteiger partial charge in [-0.3, -0.25) is 4.79 Å². The van der Waals surface area contributed by atoms with Gasteiger partial charge in [-0.1, -0.05) is 34.5 Å². The second-order valence-corrected chi connectivity index (χ2v) is 5.34. The minimum Gasteiger partial charge on any atom is -0.298 e. The molecule has 2 nitrogen and oxygen atoms in total. The number of nitrogens with zero attached hydrogens (tertiary/aromatic N) is 1. The van der Waals surface area contributed by atoms with E-state index < -0.39 is 0 Å². The minimum atomic E-state index is -0.243. The van der Waals surface area contributed by atoms with Gasteiger partial charge in [0, 0.05) is 11.4 Å². The topological polar surface area (TPSA) is 40.9 Å². The molecule has 90 valence electrons. The molecule has 0 spiro atoms. The molecule has 0 radical (unpaired) electrons. The molecule has 0 N–H and O–H groups in total. The van der Waals surface area contributed by atoms with Crippen molar-refractivity contribution in [3.8, 4) is 6.07 Å². The summed E-state index contributed by atoms with van der Waals surface area (Å²) in [5, 5.41) is 9.56. The van der Waals surface area contributed by atoms with Gasteiger partial charge in [0.25, 0.3) is 0 Å². The summed E-state index contributed by atoms with van der Waals surface area (Å²) in [7, 11) is 0. The van der Waals surface area contributed by atoms with E-state index in [2.05, 4.69) is 22.0 Å². The van der Waals surface area contributed by atoms with Crippen LogP contribution in [0.15, 0.2) is 18.2 Å². The Kier molecular flexibility index (Phi) is 5.67. The highest BCUT2D eigenvalue weighted by Crippen LogP contribution is 2.20. The molecule has 1 atom stereocenters. The number of rotatable bonds is 5. The number of carbonyl (C=O) groups is 1. The molecule has 0 aliphatic carbocycles. The number of hydrogen-bond donors (Lipinski definition) is 0. The summed E-state index contributed by atoms with van der Waals surface area (Å²) in [4.78, 5) is 11.4. The maximum atomic E-state index is 11.7. The van der Waals surface area contributed by atoms with Gasteiger partial charge in [-0.05, 0) is 36.6 Å². The first-order valence-corrected chi connectivity index (χ1v) is 6.73. The van der Waals surface area contributed by atoms with Crippen LogP contribution in [0, 0.1) is 11.3 Å². The van der Waals surface area contributed by atoms with Crippen molar-refractivity contribution in [1.82, 2.24) is 0 Å². The molecule has 0 saturated heterocycles. The van der Waals surface area contributed by atoms with E-state index in [-0.39, 0.29) is 10.6 Å². The van der Waals surface area contributed by atoms with Crippen LogP contribution in [0.25, 0.3) is 0 Å². The second kappa shape index (κ2) is 6.78. The van der Waals surface area contributed by atoms with Gasteiger partial charge < -0.3 is 0 Å². The third-order valence-electron chi connectivity index (χ3n) is 2.43. The van der Waals surface area contributed by atoms with Crippen molar-refractivity contribution in [2.75, 3.05) is 0 Å². The van der Waals surface area contributed by atoms with E-state index in [1.165, 1.54) is 0 Å². The Hall–Kier alpha value is -0.850. The summed E-state index contributed by atoms with van der Waals surface area (Å²) in [6.45, 7) is 1.97. The lowest BCUT2D eigenvalue weighted by Gasteiger charge is -2.10. The van der Waals surface area contributed by atoms with Crippen molar-refractivity contribution in [3.05, 3.63) is 34.3 Å². The zero-order valence-electron chi connectivity index (χ0n) is 9.54. The number of ketones is 1. The Bertz CT molecular complexity index is 453. The van der Waals surface area contributed by atoms with Crippen LogP contribution < -0.4 is 0 Å². The Labute approximate surface area is 115 Å². The molecular weight excluding hydrogens is 302 g/mol. The lowest BCUT2D eigenvalue weighted by atomic mass is 10.0. The highest BCUT2D eigenvalue weighted by atomic mass is 79.9. The summed E-state index contributed by atoms with van der Waals surface area (Å²) < 4.78 is 0. The van der Waals surface area contributed by atoms with Crippen LogP contribution in [0.3, 0.4) is 0 Å². The largest absolute Gasteiger partial charge is 0.298 e. The van der Waals surface area contributed by atoms with Crippen LogP contribution in [0.2, 0.25) is 5.02 Å². The molecule has 0 aliphatic heterocycles. The fourth-order valence-corrected chi connectivity index (χ4v) is 2.32. The van der Waals surface area contributed by atoms with Gasteiger partial charge in [0.2, 0.25) is 0 Å². The summed E-state index contributed by atoms with van der Waals surface area (Å²) in [5.41, 5.74) is 1.38. The Balaban J connectivity index is 2.84. The monoisotopic (exact) mass is 313 g/mol. The standard InChI is InChI=1S/C13H13BrClNO/c1-2-3-13(17)12(14)7-10-6-11(15)5-4-9(10)8-16/h4-6,12H,2-3,7H2,1H3. The van der Waals surface area contributed by atoms with E-state index >= 15 is 0 Å². The first-order chi connectivity index (χ1) is 8.08. The van der Waals surface area contributed by atoms with Crippen molar-refractivity contribution < 1.29 is 4.79 Å². The van der Waals surface area contributed by atoms with Gasteiger partial charge in [0.1, 0.15) is 5.78 Å². The average molecular weight is 315 g/mol. The van der Waals surface area contributed by atoms with Crippen molar-refractivity contribution in [3.63, 3.8) is 0 Å². The zero-order chi connectivity index (χ0) is 12.8. The molecule has 1 unspecified atom stereocenters. The molecule has 0 bridgehead atoms. The van der Waals surface area contributed by atoms with E-state index in [1.54, 1.807) is 18.2 Å². The second-order valence-electron chi connectivity index (χ2n) is 3.80. The molecule has 17 heavy (non-hydrogen) atoms. The average Bonchev–Trinajstić information content (AvgIpc) is 2.29. The van der Waals surface area contributed by atoms with E-state index in [9.17, 15) is 4.79 Å². The fourth-order valence-electron chi connectivity index (χ4n) is 1.55. The van der Waals surface area contributed by atoms with Gasteiger partial charge in [-0.25, -0.2) is 0 Å². The normalized spacial score (nSPS) is 11.9. The maximum Gasteiger partial charge on any atom is 0.146 e. The van der Waals surface area contributed by atoms with Crippen LogP contribution in [-0.4, -0.2) is 10.6 Å². The number of halogens is 2. The molecule has 0 saturated carbocycles. The van der Waals surface area contributed by atoms with Crippen LogP contribution in [0.1, 0.15) is 30.9 Å². The smallest absolute Gasteiger partial charge is 0.146 e. The van der Waals surface area contributed by atoms with Crippen molar-refractivity contribution in [2.24, 2.45) is 0 Å². The number of alkyl halides is 1. The van der Waals surface area contributed by atoms with E-state index in [0.29, 0.717) is 23.4 Å². The molecule has 0 aromatic heterocycles. The lowest BCUT2D eigenvalue weighted by Crippen LogP contribution is -2.16. The molecule has 0 fully saturated rings. The zero-order valence-corrected chi connectivity index (χ0v) is 11.9. The SMILES string of the molecule is CCCC(=O)C(Br)Cc1cc(Cl)ccc1C#N. The van der Waals surface area contributed by atoms with Crippen LogP contribution >= 0.6 is 27.5 Å². The van der Waals surface area contributed by atoms with Gasteiger partial charge in [-0.15, -0.1) is 0 Å². The van der Waals surface area contributed by atoms with Gasteiger partial charge >= 0.3 is 0 Å². The van der Waals surface area contributed by atoms with Gasteiger partial charge in [-0.2, -0.15) is 5.26 Å². The third-order valence-corrected chi connectivity index (χ3v) is 3.50. The first kappa shape index (κ1) is 14.2. The lowest BCUT2D eigenvalue weighted by molar-refractivity contribution is -0.118. The molecule has 1 aromatic rings. The van der Waals surface area contributed by atoms with Crippen LogP contribution in [0.5, 0.6) is 0 Å². The van der Waals surface area contributed by atoms with Crippen LogP contribution in [0.4, 0.5) is 0 Å². The minimum absolute atomic E-state index is 0.163. The summed E-state index contributed by atoms with van der Waals surface area (Å²) in [6, 6.07) is 7.22. The molecule has 1 rings (SSSR count). The number of benzene rings is 1. The Morgan fingerprint density at radius 1 is 1.59 bits per heavy atom. The fraction of sp³-hybridized carbons (Fsp3) is 0.385. The highest BCUT2D eigenvalue weighted by molar-refractivity contribution is 9.10. The summed E-state index contributed by atoms with van der Waals surface area (Å²) in [5.74, 6) is 0.163. The molecular formula is C13H13BrClNO. The van der Waals surface area contributed by atoms with E-state index in [0.717, 1.165) is 12.0 Å². The summed E-state index contributed by atoms with van der Waals surface area (Å²) >= 11 is 9.26. The van der Waals surface area contributed by atoms with Gasteiger partial charge in [0.15, 0.2) is 0 Å². The molecule has 1 aromatic carbocycles. The first-order valence-electron chi connectivity index (χ1n) is 5.43. The maximum absolute atomic E-state index is 11.7. The number of carbonyl (C=O) groups excluding carboxylic acids is 1. The Morgan fingerprint density at radius 3 is 2.88 bits per heavy atom. The quantitative estimate of drug-likeness (QED) is 0.774. The van der Waals surface area contributed by atoms with Crippen LogP contribution in [-0.2, 0) is 11.2 Å². The van der Waals surface area contributed by atoms with E-state index in [4.69, 9.17) is 16.9 Å². The molecule has 4 heteroatoms. The van der Waals surface area contributed by atoms with E-state index in [1.807, 2.05) is 6.92 Å². The molecule has 0 aliphatic rings. The predicted octanol–water partition coefficient (Wildman–Crippen LogP) is 3.89. The molecule has 0 amide bonds. The number of hydrogen-bond acceptors (Lipinski definition) is 2. The number of Topliss-reactive ketones (excluding diaryl/α,β-unsaturated/α-hetero) is 1. The van der Waals surface area contributed by atoms with Crippen molar-refractivity contribution >= 4 is 33.3 Å². The Morgan fingerprint density at radius 2 is 2.29 bits per heavy atom. The van der Waals surface area contributed by atoms with Crippen molar-refractivity contribution in [1.29, 1.82) is 5.26 Å². The predicted molar refractivity (Wildman–Crippen MR) is 72.5 cm³/mol. The summed E-state index contributed by atoms with van der Waals surface area (Å²) in [6.07, 6.45) is 1.89. The van der Waals surface area contributed by atoms with Gasteiger partial charge in [0.05, 0.1) is 16.5 Å².